The van der Waals surface area contributed by atoms with Crippen molar-refractivity contribution in [1.29, 1.82) is 0 Å². The molecule has 0 saturated heterocycles. The van der Waals surface area contributed by atoms with Gasteiger partial charge in [-0.15, -0.1) is 0 Å². The summed E-state index contributed by atoms with van der Waals surface area (Å²) in [6.07, 6.45) is -1.21. The monoisotopic (exact) mass is 594 g/mol. The number of carboxylic acid groups (broad SMARTS) is 2. The van der Waals surface area contributed by atoms with E-state index in [-0.39, 0.29) is 56.8 Å². The number of amides is 4. The number of aliphatic carboxylic acids is 2. The van der Waals surface area contributed by atoms with Crippen molar-refractivity contribution >= 4 is 41.5 Å². The van der Waals surface area contributed by atoms with Crippen molar-refractivity contribution in [2.24, 2.45) is 27.9 Å². The van der Waals surface area contributed by atoms with Crippen molar-refractivity contribution in [1.82, 2.24) is 16.0 Å². The van der Waals surface area contributed by atoms with Gasteiger partial charge in [-0.2, -0.15) is 0 Å². The van der Waals surface area contributed by atoms with Crippen LogP contribution in [0.1, 0.15) is 44.1 Å². The number of hydrogen-bond acceptors (Lipinski definition) is 9. The highest BCUT2D eigenvalue weighted by Gasteiger charge is 2.30. The number of primary amides is 1. The summed E-state index contributed by atoms with van der Waals surface area (Å²) in [7, 11) is 0. The molecule has 17 nitrogen and oxygen atoms in total. The number of carbonyl (C=O) groups excluding carboxylic acids is 4. The summed E-state index contributed by atoms with van der Waals surface area (Å²) in [5.41, 5.74) is 22.0. The average Bonchev–Trinajstić information content (AvgIpc) is 2.91. The molecule has 0 aliphatic carbocycles. The number of nitrogens with two attached hydrogens (primary N) is 4. The number of nitrogens with one attached hydrogen (secondary N) is 3. The molecule has 0 fully saturated rings. The Hall–Kier alpha value is -4.93. The maximum atomic E-state index is 13.2. The Morgan fingerprint density at radius 3 is 1.83 bits per heavy atom. The van der Waals surface area contributed by atoms with Crippen molar-refractivity contribution in [3.8, 4) is 5.75 Å². The molecule has 0 aliphatic heterocycles. The van der Waals surface area contributed by atoms with Crippen LogP contribution in [-0.4, -0.2) is 87.6 Å². The minimum absolute atomic E-state index is 0.0287. The number of phenolic OH excluding ortho intramolecular Hbond substituents is 1. The van der Waals surface area contributed by atoms with Gasteiger partial charge in [-0.1, -0.05) is 12.1 Å². The van der Waals surface area contributed by atoms with Crippen LogP contribution in [0.25, 0.3) is 0 Å². The van der Waals surface area contributed by atoms with Gasteiger partial charge in [-0.25, -0.2) is 4.79 Å². The lowest BCUT2D eigenvalue weighted by atomic mass is 10.0. The third kappa shape index (κ3) is 13.9. The molecule has 4 amide bonds. The number of guanidine groups is 1. The summed E-state index contributed by atoms with van der Waals surface area (Å²) in [4.78, 5) is 76.7. The fourth-order valence-corrected chi connectivity index (χ4v) is 3.63. The molecule has 4 unspecified atom stereocenters. The second-order valence-corrected chi connectivity index (χ2v) is 9.39. The second kappa shape index (κ2) is 17.7. The molecule has 0 heterocycles. The first-order valence-corrected chi connectivity index (χ1v) is 12.9. The SMILES string of the molecule is NC(=O)CCC(NC(=O)C(N)CCC(=O)O)C(=O)NC(CCCN=C(N)N)C(=O)NC(Cc1ccc(O)cc1)C(=O)O. The summed E-state index contributed by atoms with van der Waals surface area (Å²) in [6.45, 7) is 0.0815. The van der Waals surface area contributed by atoms with Crippen molar-refractivity contribution in [2.75, 3.05) is 6.54 Å². The van der Waals surface area contributed by atoms with Crippen LogP contribution in [0.4, 0.5) is 0 Å². The number of aliphatic imine (C=N–C) groups is 1. The van der Waals surface area contributed by atoms with Crippen molar-refractivity contribution in [3.05, 3.63) is 29.8 Å². The molecule has 232 valence electrons. The molecule has 17 heteroatoms. The third-order valence-electron chi connectivity index (χ3n) is 5.89. The van der Waals surface area contributed by atoms with E-state index in [9.17, 15) is 39.0 Å². The maximum Gasteiger partial charge on any atom is 0.326 e. The molecule has 0 saturated carbocycles. The Balaban J connectivity index is 3.11. The fraction of sp³-hybridized carbons (Fsp3) is 0.480. The Morgan fingerprint density at radius 2 is 1.31 bits per heavy atom. The molecule has 1 aromatic carbocycles. The van der Waals surface area contributed by atoms with Gasteiger partial charge in [0.25, 0.3) is 0 Å². The van der Waals surface area contributed by atoms with Crippen molar-refractivity contribution < 1.29 is 44.1 Å². The summed E-state index contributed by atoms with van der Waals surface area (Å²) in [6, 6.07) is 0.297. The minimum atomic E-state index is -1.41. The Bertz CT molecular complexity index is 1140. The number of hydrogen-bond donors (Lipinski definition) is 10. The first-order chi connectivity index (χ1) is 19.7. The van der Waals surface area contributed by atoms with E-state index in [0.29, 0.717) is 5.56 Å². The molecule has 1 rings (SSSR count). The van der Waals surface area contributed by atoms with Crippen LogP contribution >= 0.6 is 0 Å². The van der Waals surface area contributed by atoms with Gasteiger partial charge in [-0.05, 0) is 43.4 Å². The molecule has 0 spiro atoms. The highest BCUT2D eigenvalue weighted by molar-refractivity contribution is 5.94. The molecule has 4 atom stereocenters. The summed E-state index contributed by atoms with van der Waals surface area (Å²) < 4.78 is 0. The molecule has 14 N–H and O–H groups in total. The predicted octanol–water partition coefficient (Wildman–Crippen LogP) is -3.02. The van der Waals surface area contributed by atoms with E-state index in [0.717, 1.165) is 0 Å². The normalized spacial score (nSPS) is 13.5. The van der Waals surface area contributed by atoms with E-state index < -0.39 is 66.2 Å². The van der Waals surface area contributed by atoms with Gasteiger partial charge in [-0.3, -0.25) is 29.0 Å². The zero-order valence-corrected chi connectivity index (χ0v) is 22.8. The Morgan fingerprint density at radius 1 is 0.762 bits per heavy atom. The van der Waals surface area contributed by atoms with Crippen LogP contribution in [0, 0.1) is 0 Å². The lowest BCUT2D eigenvalue weighted by Gasteiger charge is -2.25. The third-order valence-corrected chi connectivity index (χ3v) is 5.89. The van der Waals surface area contributed by atoms with E-state index in [2.05, 4.69) is 20.9 Å². The lowest BCUT2D eigenvalue weighted by molar-refractivity contribution is -0.142. The van der Waals surface area contributed by atoms with Crippen LogP contribution in [0.15, 0.2) is 29.3 Å². The van der Waals surface area contributed by atoms with Crippen LogP contribution < -0.4 is 38.9 Å². The Kier molecular flexibility index (Phi) is 14.8. The number of phenols is 1. The molecule has 0 bridgehead atoms. The van der Waals surface area contributed by atoms with E-state index in [4.69, 9.17) is 28.0 Å². The number of aromatic hydroxyl groups is 1. The summed E-state index contributed by atoms with van der Waals surface area (Å²) in [5.74, 6) is -6.17. The van der Waals surface area contributed by atoms with Crippen molar-refractivity contribution in [2.45, 2.75) is 69.1 Å². The van der Waals surface area contributed by atoms with E-state index in [1.54, 1.807) is 0 Å². The standard InChI is InChI=1S/C25H38N8O9/c26-15(7-10-20(36)37)21(38)31-17(8-9-19(27)35)23(40)32-16(2-1-11-30-25(28)29)22(39)33-18(24(41)42)12-13-3-5-14(34)6-4-13/h3-6,15-18,34H,1-2,7-12,26H2,(H2,27,35)(H,31,38)(H,32,40)(H,33,39)(H,36,37)(H,41,42)(H4,28,29,30). The lowest BCUT2D eigenvalue weighted by Crippen LogP contribution is -2.57. The maximum absolute atomic E-state index is 13.2. The predicted molar refractivity (Wildman–Crippen MR) is 148 cm³/mol. The minimum Gasteiger partial charge on any atom is -0.508 e. The summed E-state index contributed by atoms with van der Waals surface area (Å²) in [5, 5.41) is 35.1. The molecule has 42 heavy (non-hydrogen) atoms. The van der Waals surface area contributed by atoms with Crippen LogP contribution in [0.5, 0.6) is 5.75 Å². The van der Waals surface area contributed by atoms with Crippen LogP contribution in [0.2, 0.25) is 0 Å². The smallest absolute Gasteiger partial charge is 0.326 e. The number of rotatable bonds is 19. The van der Waals surface area contributed by atoms with Gasteiger partial charge < -0.3 is 54.2 Å². The summed E-state index contributed by atoms with van der Waals surface area (Å²) >= 11 is 0. The topological polar surface area (TPSA) is 316 Å². The van der Waals surface area contributed by atoms with Crippen molar-refractivity contribution in [3.63, 3.8) is 0 Å². The van der Waals surface area contributed by atoms with E-state index in [1.807, 2.05) is 0 Å². The van der Waals surface area contributed by atoms with E-state index >= 15 is 0 Å². The van der Waals surface area contributed by atoms with Gasteiger partial charge in [0.2, 0.25) is 23.6 Å². The number of carbonyl (C=O) groups is 6. The first kappa shape index (κ1) is 35.1. The second-order valence-electron chi connectivity index (χ2n) is 9.39. The molecular weight excluding hydrogens is 556 g/mol. The number of nitrogens with zero attached hydrogens (tertiary/aromatic N) is 1. The number of benzene rings is 1. The fourth-order valence-electron chi connectivity index (χ4n) is 3.63. The molecule has 0 aromatic heterocycles. The Labute approximate surface area is 241 Å². The first-order valence-electron chi connectivity index (χ1n) is 12.9. The van der Waals surface area contributed by atoms with Gasteiger partial charge in [0, 0.05) is 25.8 Å². The van der Waals surface area contributed by atoms with Gasteiger partial charge in [0.1, 0.15) is 23.9 Å². The van der Waals surface area contributed by atoms with Gasteiger partial charge >= 0.3 is 11.9 Å². The highest BCUT2D eigenvalue weighted by Crippen LogP contribution is 2.12. The average molecular weight is 595 g/mol. The van der Waals surface area contributed by atoms with E-state index in [1.165, 1.54) is 24.3 Å². The number of carboxylic acids is 2. The molecule has 0 radical (unpaired) electrons. The van der Waals surface area contributed by atoms with Crippen LogP contribution in [0.3, 0.4) is 0 Å². The molecule has 0 aliphatic rings. The highest BCUT2D eigenvalue weighted by atomic mass is 16.4. The van der Waals surface area contributed by atoms with Gasteiger partial charge in [0.15, 0.2) is 5.96 Å². The van der Waals surface area contributed by atoms with Crippen LogP contribution in [-0.2, 0) is 35.2 Å². The molecule has 1 aromatic rings. The zero-order valence-electron chi connectivity index (χ0n) is 22.8. The largest absolute Gasteiger partial charge is 0.508 e. The molecular formula is C25H38N8O9. The quantitative estimate of drug-likeness (QED) is 0.0435. The zero-order chi connectivity index (χ0) is 31.8. The van der Waals surface area contributed by atoms with Gasteiger partial charge in [0.05, 0.1) is 6.04 Å².